The van der Waals surface area contributed by atoms with Crippen LogP contribution in [-0.2, 0) is 12.0 Å². The lowest BCUT2D eigenvalue weighted by Crippen LogP contribution is -2.43. The average molecular weight is 429 g/mol. The fourth-order valence-corrected chi connectivity index (χ4v) is 4.62. The fraction of sp³-hybridized carbons (Fsp3) is 0.417. The lowest BCUT2D eigenvalue weighted by atomic mass is 9.84. The summed E-state index contributed by atoms with van der Waals surface area (Å²) in [5, 5.41) is 13.0. The summed E-state index contributed by atoms with van der Waals surface area (Å²) in [4.78, 5) is 5.91. The largest absolute Gasteiger partial charge is 0.493 e. The maximum absolute atomic E-state index is 11.1. The predicted octanol–water partition coefficient (Wildman–Crippen LogP) is 4.67. The van der Waals surface area contributed by atoms with Gasteiger partial charge in [-0.3, -0.25) is 0 Å². The van der Waals surface area contributed by atoms with E-state index in [-0.39, 0.29) is 0 Å². The summed E-state index contributed by atoms with van der Waals surface area (Å²) in [7, 11) is 3.32. The highest BCUT2D eigenvalue weighted by atomic mass is 35.5. The molecule has 0 amide bonds. The Hall–Kier alpha value is -2.21. The number of hydrogen-bond donors (Lipinski definition) is 2. The van der Waals surface area contributed by atoms with Crippen LogP contribution in [0.2, 0.25) is 5.02 Å². The van der Waals surface area contributed by atoms with Crippen LogP contribution in [-0.4, -0.2) is 48.8 Å². The first-order chi connectivity index (χ1) is 14.4. The van der Waals surface area contributed by atoms with Gasteiger partial charge < -0.3 is 24.5 Å². The van der Waals surface area contributed by atoms with Gasteiger partial charge in [0.15, 0.2) is 11.5 Å². The van der Waals surface area contributed by atoms with E-state index in [1.807, 2.05) is 30.3 Å². The highest BCUT2D eigenvalue weighted by Gasteiger charge is 2.33. The van der Waals surface area contributed by atoms with Crippen molar-refractivity contribution in [3.63, 3.8) is 0 Å². The maximum atomic E-state index is 11.1. The lowest BCUT2D eigenvalue weighted by molar-refractivity contribution is -0.0255. The summed E-state index contributed by atoms with van der Waals surface area (Å²) < 4.78 is 10.9. The molecule has 0 aliphatic carbocycles. The summed E-state index contributed by atoms with van der Waals surface area (Å²) >= 11 is 5.99. The lowest BCUT2D eigenvalue weighted by Gasteiger charge is -2.38. The zero-order valence-electron chi connectivity index (χ0n) is 17.8. The SMILES string of the molecule is COc1cc2[nH]c(C)c(CCN3CCC(O)(c4ccc(Cl)cc4)CC3)c2cc1OC. The molecule has 1 fully saturated rings. The minimum atomic E-state index is -0.762. The van der Waals surface area contributed by atoms with E-state index in [9.17, 15) is 5.11 Å². The number of aromatic nitrogens is 1. The molecule has 6 heteroatoms. The molecule has 0 spiro atoms. The molecule has 1 aromatic heterocycles. The molecule has 0 radical (unpaired) electrons. The Kier molecular flexibility index (Phi) is 5.96. The normalized spacial score (nSPS) is 16.7. The van der Waals surface area contributed by atoms with Crippen molar-refractivity contribution in [1.82, 2.24) is 9.88 Å². The molecule has 1 aliphatic heterocycles. The van der Waals surface area contributed by atoms with Crippen LogP contribution in [0, 0.1) is 6.92 Å². The quantitative estimate of drug-likeness (QED) is 0.598. The van der Waals surface area contributed by atoms with Crippen LogP contribution in [0.25, 0.3) is 10.9 Å². The Labute approximate surface area is 182 Å². The Bertz CT molecular complexity index is 1020. The minimum absolute atomic E-state index is 0.697. The number of ether oxygens (including phenoxy) is 2. The van der Waals surface area contributed by atoms with Gasteiger partial charge in [0.2, 0.25) is 0 Å². The van der Waals surface area contributed by atoms with E-state index in [0.29, 0.717) is 5.02 Å². The molecule has 0 unspecified atom stereocenters. The second-order valence-electron chi connectivity index (χ2n) is 8.11. The number of nitrogens with zero attached hydrogens (tertiary/aromatic N) is 1. The van der Waals surface area contributed by atoms with Crippen LogP contribution in [0.4, 0.5) is 0 Å². The van der Waals surface area contributed by atoms with Crippen molar-refractivity contribution < 1.29 is 14.6 Å². The van der Waals surface area contributed by atoms with Gasteiger partial charge in [-0.2, -0.15) is 0 Å². The van der Waals surface area contributed by atoms with Crippen molar-refractivity contribution in [2.75, 3.05) is 33.9 Å². The summed E-state index contributed by atoms with van der Waals surface area (Å²) in [5.41, 5.74) is 3.75. The molecule has 1 saturated heterocycles. The van der Waals surface area contributed by atoms with Gasteiger partial charge in [-0.05, 0) is 55.5 Å². The van der Waals surface area contributed by atoms with E-state index in [2.05, 4.69) is 22.9 Å². The van der Waals surface area contributed by atoms with Crippen molar-refractivity contribution in [2.24, 2.45) is 0 Å². The number of halogens is 1. The third kappa shape index (κ3) is 4.02. The molecular formula is C24H29ClN2O3. The second kappa shape index (κ2) is 8.50. The van der Waals surface area contributed by atoms with E-state index in [4.69, 9.17) is 21.1 Å². The number of benzene rings is 2. The first-order valence-electron chi connectivity index (χ1n) is 10.4. The van der Waals surface area contributed by atoms with Crippen molar-refractivity contribution in [1.29, 1.82) is 0 Å². The van der Waals surface area contributed by atoms with Gasteiger partial charge in [0.1, 0.15) is 0 Å². The Morgan fingerprint density at radius 3 is 2.33 bits per heavy atom. The van der Waals surface area contributed by atoms with Crippen molar-refractivity contribution in [2.45, 2.75) is 31.8 Å². The number of nitrogens with one attached hydrogen (secondary N) is 1. The minimum Gasteiger partial charge on any atom is -0.493 e. The number of hydrogen-bond acceptors (Lipinski definition) is 4. The standard InChI is InChI=1S/C24H29ClN2O3/c1-16-19(20-14-22(29-2)23(30-3)15-21(20)26-16)8-11-27-12-9-24(28,10-13-27)17-4-6-18(25)7-5-17/h4-7,14-15,26,28H,8-13H2,1-3H3. The van der Waals surface area contributed by atoms with Gasteiger partial charge in [0.25, 0.3) is 0 Å². The van der Waals surface area contributed by atoms with Gasteiger partial charge in [-0.1, -0.05) is 23.7 Å². The van der Waals surface area contributed by atoms with Gasteiger partial charge >= 0.3 is 0 Å². The van der Waals surface area contributed by atoms with E-state index < -0.39 is 5.60 Å². The Morgan fingerprint density at radius 1 is 1.07 bits per heavy atom. The van der Waals surface area contributed by atoms with Crippen molar-refractivity contribution in [3.05, 3.63) is 58.2 Å². The molecule has 30 heavy (non-hydrogen) atoms. The Morgan fingerprint density at radius 2 is 1.70 bits per heavy atom. The molecule has 0 saturated carbocycles. The van der Waals surface area contributed by atoms with Crippen LogP contribution in [0.15, 0.2) is 36.4 Å². The molecule has 5 nitrogen and oxygen atoms in total. The first kappa shape index (κ1) is 21.0. The molecule has 3 aromatic rings. The molecule has 1 aliphatic rings. The topological polar surface area (TPSA) is 57.7 Å². The molecule has 0 bridgehead atoms. The smallest absolute Gasteiger partial charge is 0.162 e. The fourth-order valence-electron chi connectivity index (χ4n) is 4.50. The molecule has 0 atom stereocenters. The number of piperidine rings is 1. The van der Waals surface area contributed by atoms with Gasteiger partial charge in [0, 0.05) is 47.3 Å². The molecule has 2 heterocycles. The molecule has 160 valence electrons. The van der Waals surface area contributed by atoms with Crippen LogP contribution in [0.5, 0.6) is 11.5 Å². The van der Waals surface area contributed by atoms with Crippen molar-refractivity contribution >= 4 is 22.5 Å². The number of likely N-dealkylation sites (tertiary alicyclic amines) is 1. The zero-order chi connectivity index (χ0) is 21.3. The molecule has 2 N–H and O–H groups in total. The van der Waals surface area contributed by atoms with Gasteiger partial charge in [-0.15, -0.1) is 0 Å². The van der Waals surface area contributed by atoms with Crippen LogP contribution < -0.4 is 9.47 Å². The second-order valence-corrected chi connectivity index (χ2v) is 8.55. The number of aromatic amines is 1. The summed E-state index contributed by atoms with van der Waals surface area (Å²) in [6, 6.07) is 11.6. The molecular weight excluding hydrogens is 400 g/mol. The summed E-state index contributed by atoms with van der Waals surface area (Å²) in [6.07, 6.45) is 2.40. The maximum Gasteiger partial charge on any atom is 0.162 e. The zero-order valence-corrected chi connectivity index (χ0v) is 18.6. The molecule has 2 aromatic carbocycles. The summed E-state index contributed by atoms with van der Waals surface area (Å²) in [5.74, 6) is 1.48. The van der Waals surface area contributed by atoms with Crippen LogP contribution >= 0.6 is 11.6 Å². The third-order valence-electron chi connectivity index (χ3n) is 6.37. The van der Waals surface area contributed by atoms with Crippen molar-refractivity contribution in [3.8, 4) is 11.5 Å². The number of methoxy groups -OCH3 is 2. The van der Waals surface area contributed by atoms with E-state index in [0.717, 1.165) is 61.5 Å². The summed E-state index contributed by atoms with van der Waals surface area (Å²) in [6.45, 7) is 4.82. The van der Waals surface area contributed by atoms with Crippen LogP contribution in [0.1, 0.15) is 29.7 Å². The highest BCUT2D eigenvalue weighted by Crippen LogP contribution is 2.36. The highest BCUT2D eigenvalue weighted by molar-refractivity contribution is 6.30. The first-order valence-corrected chi connectivity index (χ1v) is 10.8. The number of fused-ring (bicyclic) bond motifs is 1. The number of aliphatic hydroxyl groups is 1. The third-order valence-corrected chi connectivity index (χ3v) is 6.62. The van der Waals surface area contributed by atoms with E-state index in [1.165, 1.54) is 16.6 Å². The van der Waals surface area contributed by atoms with E-state index in [1.54, 1.807) is 14.2 Å². The molecule has 4 rings (SSSR count). The Balaban J connectivity index is 1.44. The average Bonchev–Trinajstić information content (AvgIpc) is 3.06. The number of rotatable bonds is 6. The number of aryl methyl sites for hydroxylation is 1. The predicted molar refractivity (Wildman–Crippen MR) is 121 cm³/mol. The monoisotopic (exact) mass is 428 g/mol. The number of H-pyrrole nitrogens is 1. The van der Waals surface area contributed by atoms with E-state index >= 15 is 0 Å². The van der Waals surface area contributed by atoms with Crippen LogP contribution in [0.3, 0.4) is 0 Å². The van der Waals surface area contributed by atoms with Gasteiger partial charge in [-0.25, -0.2) is 0 Å². The van der Waals surface area contributed by atoms with Gasteiger partial charge in [0.05, 0.1) is 19.8 Å².